The third kappa shape index (κ3) is 3.62. The Morgan fingerprint density at radius 1 is 0.968 bits per heavy atom. The number of carbonyl (C=O) groups is 2. The maximum absolute atomic E-state index is 13.2. The normalized spacial score (nSPS) is 17.9. The molecule has 1 aliphatic rings. The molecule has 2 aromatic carbocycles. The fourth-order valence-electron chi connectivity index (χ4n) is 3.92. The van der Waals surface area contributed by atoms with Crippen molar-refractivity contribution in [3.63, 3.8) is 0 Å². The van der Waals surface area contributed by atoms with Crippen molar-refractivity contribution in [2.75, 3.05) is 4.90 Å². The van der Waals surface area contributed by atoms with E-state index < -0.39 is 17.7 Å². The number of hydrogen-bond acceptors (Lipinski definition) is 4. The lowest BCUT2D eigenvalue weighted by molar-refractivity contribution is -0.132. The lowest BCUT2D eigenvalue weighted by atomic mass is 9.93. The van der Waals surface area contributed by atoms with Gasteiger partial charge in [-0.15, -0.1) is 0 Å². The van der Waals surface area contributed by atoms with Crippen LogP contribution in [0, 0.1) is 20.8 Å². The predicted octanol–water partition coefficient (Wildman–Crippen LogP) is 5.29. The van der Waals surface area contributed by atoms with E-state index in [0.29, 0.717) is 21.8 Å². The van der Waals surface area contributed by atoms with Gasteiger partial charge < -0.3 is 5.11 Å². The molecule has 6 heteroatoms. The van der Waals surface area contributed by atoms with Crippen LogP contribution >= 0.6 is 11.6 Å². The van der Waals surface area contributed by atoms with E-state index in [2.05, 4.69) is 4.98 Å². The Balaban J connectivity index is 2.01. The number of aryl methyl sites for hydroxylation is 3. The third-order valence-electron chi connectivity index (χ3n) is 5.55. The van der Waals surface area contributed by atoms with Crippen LogP contribution in [0.25, 0.3) is 5.76 Å². The first-order valence-electron chi connectivity index (χ1n) is 9.84. The zero-order valence-electron chi connectivity index (χ0n) is 17.4. The molecule has 4 rings (SSSR count). The van der Waals surface area contributed by atoms with Crippen LogP contribution in [0.2, 0.25) is 5.02 Å². The molecule has 1 N–H and O–H groups in total. The topological polar surface area (TPSA) is 70.5 Å². The number of anilines is 1. The largest absolute Gasteiger partial charge is 0.507 e. The number of pyridine rings is 1. The van der Waals surface area contributed by atoms with Gasteiger partial charge in [0.1, 0.15) is 5.76 Å². The summed E-state index contributed by atoms with van der Waals surface area (Å²) >= 11 is 6.21. The lowest BCUT2D eigenvalue weighted by Crippen LogP contribution is -2.30. The number of halogens is 1. The van der Waals surface area contributed by atoms with Gasteiger partial charge in [-0.2, -0.15) is 0 Å². The van der Waals surface area contributed by atoms with Gasteiger partial charge in [-0.3, -0.25) is 19.5 Å². The molecule has 0 spiro atoms. The van der Waals surface area contributed by atoms with Gasteiger partial charge in [0, 0.05) is 28.7 Å². The van der Waals surface area contributed by atoms with Gasteiger partial charge in [-0.05, 0) is 67.8 Å². The van der Waals surface area contributed by atoms with E-state index in [-0.39, 0.29) is 11.3 Å². The molecule has 0 saturated carbocycles. The number of benzene rings is 2. The van der Waals surface area contributed by atoms with E-state index in [9.17, 15) is 14.7 Å². The molecule has 1 fully saturated rings. The second kappa shape index (κ2) is 8.00. The molecule has 156 valence electrons. The second-order valence-electron chi connectivity index (χ2n) is 7.70. The maximum Gasteiger partial charge on any atom is 0.300 e. The second-order valence-corrected chi connectivity index (χ2v) is 8.14. The van der Waals surface area contributed by atoms with Crippen molar-refractivity contribution in [1.82, 2.24) is 4.98 Å². The molecule has 31 heavy (non-hydrogen) atoms. The van der Waals surface area contributed by atoms with E-state index in [1.807, 2.05) is 39.0 Å². The van der Waals surface area contributed by atoms with Crippen LogP contribution in [-0.4, -0.2) is 21.8 Å². The summed E-state index contributed by atoms with van der Waals surface area (Å²) in [6.45, 7) is 5.61. The molecule has 1 amide bonds. The lowest BCUT2D eigenvalue weighted by Gasteiger charge is -2.27. The highest BCUT2D eigenvalue weighted by molar-refractivity contribution is 6.52. The van der Waals surface area contributed by atoms with Gasteiger partial charge in [0.15, 0.2) is 0 Å². The first kappa shape index (κ1) is 20.8. The third-order valence-corrected chi connectivity index (χ3v) is 5.78. The first-order valence-corrected chi connectivity index (χ1v) is 10.2. The van der Waals surface area contributed by atoms with Crippen LogP contribution in [0.3, 0.4) is 0 Å². The van der Waals surface area contributed by atoms with E-state index in [4.69, 9.17) is 11.6 Å². The Hall–Kier alpha value is -3.44. The number of rotatable bonds is 3. The summed E-state index contributed by atoms with van der Waals surface area (Å²) in [6, 6.07) is 13.5. The summed E-state index contributed by atoms with van der Waals surface area (Å²) in [5.74, 6) is -1.64. The van der Waals surface area contributed by atoms with E-state index in [1.54, 1.807) is 42.7 Å². The number of aromatic nitrogens is 1. The summed E-state index contributed by atoms with van der Waals surface area (Å²) in [5.41, 5.74) is 4.30. The van der Waals surface area contributed by atoms with Crippen LogP contribution in [0.5, 0.6) is 0 Å². The van der Waals surface area contributed by atoms with Crippen molar-refractivity contribution in [2.24, 2.45) is 0 Å². The SMILES string of the molecule is Cc1ccc(C)c(/C(O)=C2\C(=O)C(=O)N(c3cc(Cl)ccc3C)C2c2ccncc2)c1. The molecule has 5 nitrogen and oxygen atoms in total. The molecule has 0 aliphatic carbocycles. The Morgan fingerprint density at radius 3 is 2.35 bits per heavy atom. The van der Waals surface area contributed by atoms with E-state index >= 15 is 0 Å². The number of aliphatic hydroxyl groups is 1. The minimum Gasteiger partial charge on any atom is -0.507 e. The molecule has 3 aromatic rings. The van der Waals surface area contributed by atoms with Crippen molar-refractivity contribution in [2.45, 2.75) is 26.8 Å². The molecule has 1 atom stereocenters. The number of hydrogen-bond donors (Lipinski definition) is 1. The van der Waals surface area contributed by atoms with Gasteiger partial charge >= 0.3 is 0 Å². The fraction of sp³-hybridized carbons (Fsp3) is 0.160. The average Bonchev–Trinajstić information content (AvgIpc) is 3.02. The molecule has 1 saturated heterocycles. The summed E-state index contributed by atoms with van der Waals surface area (Å²) in [4.78, 5) is 31.9. The zero-order chi connectivity index (χ0) is 22.3. The molecule has 1 unspecified atom stereocenters. The Kier molecular flexibility index (Phi) is 5.38. The van der Waals surface area contributed by atoms with E-state index in [1.165, 1.54) is 4.90 Å². The Labute approximate surface area is 185 Å². The van der Waals surface area contributed by atoms with E-state index in [0.717, 1.165) is 16.7 Å². The average molecular weight is 433 g/mol. The van der Waals surface area contributed by atoms with Gasteiger partial charge in [0.05, 0.1) is 11.6 Å². The quantitative estimate of drug-likeness (QED) is 0.347. The number of carbonyl (C=O) groups excluding carboxylic acids is 2. The Bertz CT molecular complexity index is 1230. The Morgan fingerprint density at radius 2 is 1.65 bits per heavy atom. The smallest absolute Gasteiger partial charge is 0.300 e. The van der Waals surface area contributed by atoms with Crippen molar-refractivity contribution in [3.05, 3.63) is 99.3 Å². The molecule has 2 heterocycles. The summed E-state index contributed by atoms with van der Waals surface area (Å²) in [6.07, 6.45) is 3.19. The summed E-state index contributed by atoms with van der Waals surface area (Å²) < 4.78 is 0. The van der Waals surface area contributed by atoms with Crippen LogP contribution in [-0.2, 0) is 9.59 Å². The predicted molar refractivity (Wildman–Crippen MR) is 121 cm³/mol. The van der Waals surface area contributed by atoms with Gasteiger partial charge in [0.25, 0.3) is 11.7 Å². The molecule has 1 aliphatic heterocycles. The number of aliphatic hydroxyl groups excluding tert-OH is 1. The van der Waals surface area contributed by atoms with Gasteiger partial charge in [0.2, 0.25) is 0 Å². The molecule has 0 bridgehead atoms. The van der Waals surface area contributed by atoms with Crippen molar-refractivity contribution < 1.29 is 14.7 Å². The number of Topliss-reactive ketones (excluding diaryl/α,β-unsaturated/α-hetero) is 1. The number of amides is 1. The monoisotopic (exact) mass is 432 g/mol. The van der Waals surface area contributed by atoms with Crippen molar-refractivity contribution in [1.29, 1.82) is 0 Å². The van der Waals surface area contributed by atoms with Crippen LogP contribution in [0.15, 0.2) is 66.5 Å². The minimum atomic E-state index is -0.805. The molecular weight excluding hydrogens is 412 g/mol. The molecule has 1 aromatic heterocycles. The van der Waals surface area contributed by atoms with Crippen LogP contribution < -0.4 is 4.90 Å². The van der Waals surface area contributed by atoms with Gasteiger partial charge in [-0.1, -0.05) is 35.4 Å². The summed E-state index contributed by atoms with van der Waals surface area (Å²) in [7, 11) is 0. The highest BCUT2D eigenvalue weighted by Gasteiger charge is 2.47. The first-order chi connectivity index (χ1) is 14.8. The van der Waals surface area contributed by atoms with Crippen molar-refractivity contribution in [3.8, 4) is 0 Å². The summed E-state index contributed by atoms with van der Waals surface area (Å²) in [5, 5.41) is 11.7. The van der Waals surface area contributed by atoms with Gasteiger partial charge in [-0.25, -0.2) is 0 Å². The highest BCUT2D eigenvalue weighted by Crippen LogP contribution is 2.43. The molecule has 0 radical (unpaired) electrons. The zero-order valence-corrected chi connectivity index (χ0v) is 18.1. The fourth-order valence-corrected chi connectivity index (χ4v) is 4.09. The van der Waals surface area contributed by atoms with Crippen LogP contribution in [0.4, 0.5) is 5.69 Å². The number of nitrogens with zero attached hydrogens (tertiary/aromatic N) is 2. The number of ketones is 1. The standard InChI is InChI=1S/C25H21ClN2O3/c1-14-4-5-15(2)19(12-14)23(29)21-22(17-8-10-27-11-9-17)28(25(31)24(21)30)20-13-18(26)7-6-16(20)3/h4-13,22,29H,1-3H3/b23-21+. The highest BCUT2D eigenvalue weighted by atomic mass is 35.5. The maximum atomic E-state index is 13.2. The minimum absolute atomic E-state index is 0.0456. The molecular formula is C25H21ClN2O3. The van der Waals surface area contributed by atoms with Crippen molar-refractivity contribution >= 4 is 34.7 Å². The van der Waals surface area contributed by atoms with Crippen LogP contribution in [0.1, 0.15) is 33.9 Å².